The third kappa shape index (κ3) is 1.48. The molecule has 0 bridgehead atoms. The zero-order valence-corrected chi connectivity index (χ0v) is 11.4. The van der Waals surface area contributed by atoms with E-state index in [1.165, 1.54) is 11.1 Å². The fourth-order valence-electron chi connectivity index (χ4n) is 2.66. The number of nitrogens with zero attached hydrogens (tertiary/aromatic N) is 3. The number of hydrogen-bond acceptors (Lipinski definition) is 2. The summed E-state index contributed by atoms with van der Waals surface area (Å²) in [7, 11) is 2.05. The van der Waals surface area contributed by atoms with Crippen molar-refractivity contribution in [3.8, 4) is 11.3 Å². The summed E-state index contributed by atoms with van der Waals surface area (Å²) >= 11 is 0. The highest BCUT2D eigenvalue weighted by Gasteiger charge is 2.17. The van der Waals surface area contributed by atoms with E-state index in [4.69, 9.17) is 4.52 Å². The summed E-state index contributed by atoms with van der Waals surface area (Å²) in [5, 5.41) is 0. The summed E-state index contributed by atoms with van der Waals surface area (Å²) in [6.45, 7) is 2.12. The summed E-state index contributed by atoms with van der Waals surface area (Å²) < 4.78 is 9.30. The van der Waals surface area contributed by atoms with Crippen LogP contribution >= 0.6 is 0 Å². The van der Waals surface area contributed by atoms with E-state index in [0.29, 0.717) is 0 Å². The van der Waals surface area contributed by atoms with Crippen LogP contribution in [0.4, 0.5) is 0 Å². The Kier molecular flexibility index (Phi) is 2.21. The van der Waals surface area contributed by atoms with Crippen LogP contribution in [0.2, 0.25) is 0 Å². The molecule has 0 fully saturated rings. The minimum absolute atomic E-state index is 0.835. The second kappa shape index (κ2) is 3.93. The number of fused-ring (bicyclic) bond motifs is 3. The second-order valence-corrected chi connectivity index (χ2v) is 5.03. The fourth-order valence-corrected chi connectivity index (χ4v) is 2.66. The first-order chi connectivity index (χ1) is 9.74. The maximum atomic E-state index is 5.44. The van der Waals surface area contributed by atoms with Gasteiger partial charge >= 0.3 is 0 Å². The van der Waals surface area contributed by atoms with Crippen molar-refractivity contribution >= 4 is 16.7 Å². The van der Waals surface area contributed by atoms with Gasteiger partial charge in [-0.15, -0.1) is 0 Å². The van der Waals surface area contributed by atoms with Gasteiger partial charge in [0.1, 0.15) is 18.8 Å². The van der Waals surface area contributed by atoms with Gasteiger partial charge in [-0.05, 0) is 18.6 Å². The average molecular weight is 264 g/mol. The Hall–Kier alpha value is -2.62. The zero-order chi connectivity index (χ0) is 13.7. The van der Waals surface area contributed by atoms with Crippen molar-refractivity contribution in [2.75, 3.05) is 0 Å². The molecule has 0 atom stereocenters. The Labute approximate surface area is 115 Å². The molecule has 20 heavy (non-hydrogen) atoms. The third-order valence-corrected chi connectivity index (χ3v) is 3.70. The van der Waals surface area contributed by atoms with Gasteiger partial charge in [0, 0.05) is 17.7 Å². The van der Waals surface area contributed by atoms with Gasteiger partial charge in [0.05, 0.1) is 0 Å². The van der Waals surface area contributed by atoms with Gasteiger partial charge in [0.2, 0.25) is 5.69 Å². The standard InChI is InChI=1S/C16H14N3O/c1-11-5-3-4-6-12(11)14-9-13-15(10-18(14)2)19-16(17-13)7-8-20-19/h3-10H,1-2H3/q+1. The maximum Gasteiger partial charge on any atom is 0.214 e. The van der Waals surface area contributed by atoms with Crippen LogP contribution in [-0.2, 0) is 7.05 Å². The second-order valence-electron chi connectivity index (χ2n) is 5.03. The molecular weight excluding hydrogens is 250 g/mol. The molecule has 4 heteroatoms. The average Bonchev–Trinajstić information content (AvgIpc) is 3.00. The highest BCUT2D eigenvalue weighted by molar-refractivity contribution is 5.81. The highest BCUT2D eigenvalue weighted by atomic mass is 16.5. The molecule has 0 amide bonds. The summed E-state index contributed by atoms with van der Waals surface area (Å²) in [5.41, 5.74) is 6.38. The SMILES string of the molecule is Cc1ccccc1-c1cc2nc3ccon3c2c[n+]1C. The van der Waals surface area contributed by atoms with E-state index >= 15 is 0 Å². The Morgan fingerprint density at radius 2 is 2.05 bits per heavy atom. The van der Waals surface area contributed by atoms with Crippen LogP contribution in [0.15, 0.2) is 53.4 Å². The molecule has 0 saturated carbocycles. The first kappa shape index (κ1) is 11.2. The third-order valence-electron chi connectivity index (χ3n) is 3.70. The Morgan fingerprint density at radius 3 is 2.90 bits per heavy atom. The van der Waals surface area contributed by atoms with Gasteiger partial charge in [0.25, 0.3) is 0 Å². The van der Waals surface area contributed by atoms with Crippen LogP contribution in [0.3, 0.4) is 0 Å². The maximum absolute atomic E-state index is 5.44. The topological polar surface area (TPSA) is 34.3 Å². The van der Waals surface area contributed by atoms with Crippen molar-refractivity contribution in [1.82, 2.24) is 9.56 Å². The molecule has 3 aromatic heterocycles. The normalized spacial score (nSPS) is 11.5. The largest absolute Gasteiger partial charge is 0.381 e. The van der Waals surface area contributed by atoms with E-state index in [-0.39, 0.29) is 0 Å². The van der Waals surface area contributed by atoms with E-state index in [9.17, 15) is 0 Å². The zero-order valence-electron chi connectivity index (χ0n) is 11.4. The predicted molar refractivity (Wildman–Crippen MR) is 76.3 cm³/mol. The van der Waals surface area contributed by atoms with Crippen molar-refractivity contribution in [2.45, 2.75) is 6.92 Å². The highest BCUT2D eigenvalue weighted by Crippen LogP contribution is 2.24. The van der Waals surface area contributed by atoms with E-state index in [0.717, 1.165) is 22.4 Å². The molecular formula is C16H14N3O+. The van der Waals surface area contributed by atoms with Crippen molar-refractivity contribution < 1.29 is 9.09 Å². The number of hydrogen-bond donors (Lipinski definition) is 0. The first-order valence-corrected chi connectivity index (χ1v) is 6.56. The number of benzene rings is 1. The van der Waals surface area contributed by atoms with Gasteiger partial charge < -0.3 is 4.52 Å². The lowest BCUT2D eigenvalue weighted by atomic mass is 10.0. The van der Waals surface area contributed by atoms with Crippen LogP contribution in [0, 0.1) is 6.92 Å². The Bertz CT molecular complexity index is 933. The molecule has 3 heterocycles. The predicted octanol–water partition coefficient (Wildman–Crippen LogP) is 2.88. The van der Waals surface area contributed by atoms with Crippen LogP contribution in [0.5, 0.6) is 0 Å². The van der Waals surface area contributed by atoms with Crippen LogP contribution in [0.25, 0.3) is 27.9 Å². The van der Waals surface area contributed by atoms with E-state index in [1.54, 1.807) is 10.8 Å². The van der Waals surface area contributed by atoms with Gasteiger partial charge in [-0.1, -0.05) is 18.2 Å². The smallest absolute Gasteiger partial charge is 0.214 e. The minimum atomic E-state index is 0.835. The number of imidazole rings is 1. The van der Waals surface area contributed by atoms with Crippen LogP contribution < -0.4 is 4.57 Å². The number of aromatic nitrogens is 3. The molecule has 0 spiro atoms. The number of pyridine rings is 1. The molecule has 4 aromatic rings. The van der Waals surface area contributed by atoms with Gasteiger partial charge in [-0.25, -0.2) is 4.98 Å². The summed E-state index contributed by atoms with van der Waals surface area (Å²) in [6, 6.07) is 12.4. The summed E-state index contributed by atoms with van der Waals surface area (Å²) in [5.74, 6) is 0. The molecule has 0 radical (unpaired) electrons. The Morgan fingerprint density at radius 1 is 1.20 bits per heavy atom. The monoisotopic (exact) mass is 264 g/mol. The van der Waals surface area contributed by atoms with Crippen molar-refractivity contribution in [3.63, 3.8) is 0 Å². The van der Waals surface area contributed by atoms with Gasteiger partial charge in [-0.3, -0.25) is 0 Å². The van der Waals surface area contributed by atoms with Crippen molar-refractivity contribution in [2.24, 2.45) is 7.05 Å². The van der Waals surface area contributed by atoms with Gasteiger partial charge in [0.15, 0.2) is 17.4 Å². The number of aryl methyl sites for hydroxylation is 2. The first-order valence-electron chi connectivity index (χ1n) is 6.56. The van der Waals surface area contributed by atoms with Crippen molar-refractivity contribution in [1.29, 1.82) is 0 Å². The molecule has 4 nitrogen and oxygen atoms in total. The molecule has 98 valence electrons. The summed E-state index contributed by atoms with van der Waals surface area (Å²) in [6.07, 6.45) is 3.71. The molecule has 4 rings (SSSR count). The molecule has 0 aliphatic carbocycles. The molecule has 0 N–H and O–H groups in total. The summed E-state index contributed by atoms with van der Waals surface area (Å²) in [4.78, 5) is 4.59. The lowest BCUT2D eigenvalue weighted by molar-refractivity contribution is -0.659. The van der Waals surface area contributed by atoms with Crippen molar-refractivity contribution in [3.05, 3.63) is 54.4 Å². The Balaban J connectivity index is 2.05. The lowest BCUT2D eigenvalue weighted by Crippen LogP contribution is -2.30. The lowest BCUT2D eigenvalue weighted by Gasteiger charge is -2.03. The fraction of sp³-hybridized carbons (Fsp3) is 0.125. The molecule has 0 aliphatic rings. The molecule has 0 saturated heterocycles. The quantitative estimate of drug-likeness (QED) is 0.495. The van der Waals surface area contributed by atoms with E-state index in [2.05, 4.69) is 53.0 Å². The van der Waals surface area contributed by atoms with Crippen LogP contribution in [0.1, 0.15) is 5.56 Å². The molecule has 1 aromatic carbocycles. The number of rotatable bonds is 1. The van der Waals surface area contributed by atoms with E-state index in [1.807, 2.05) is 13.1 Å². The minimum Gasteiger partial charge on any atom is -0.381 e. The van der Waals surface area contributed by atoms with Gasteiger partial charge in [-0.2, -0.15) is 9.14 Å². The molecule has 0 aliphatic heterocycles. The molecule has 0 unspecified atom stereocenters. The van der Waals surface area contributed by atoms with Crippen LogP contribution in [-0.4, -0.2) is 9.56 Å². The van der Waals surface area contributed by atoms with E-state index < -0.39 is 0 Å².